The van der Waals surface area contributed by atoms with Gasteiger partial charge >= 0.3 is 0 Å². The normalized spacial score (nSPS) is 19.0. The van der Waals surface area contributed by atoms with Crippen molar-refractivity contribution >= 4 is 11.2 Å². The first-order valence-electron chi connectivity index (χ1n) is 10.2. The third-order valence-electron chi connectivity index (χ3n) is 5.63. The number of benzene rings is 1. The lowest BCUT2D eigenvalue weighted by atomic mass is 10.0. The van der Waals surface area contributed by atoms with Gasteiger partial charge in [0.2, 0.25) is 0 Å². The minimum atomic E-state index is -0.194. The van der Waals surface area contributed by atoms with E-state index in [4.69, 9.17) is 10.1 Å². The fourth-order valence-corrected chi connectivity index (χ4v) is 4.06. The van der Waals surface area contributed by atoms with Crippen molar-refractivity contribution in [2.45, 2.75) is 38.3 Å². The van der Waals surface area contributed by atoms with Crippen LogP contribution < -0.4 is 0 Å². The maximum atomic E-state index is 9.76. The predicted molar refractivity (Wildman–Crippen MR) is 110 cm³/mol. The third-order valence-corrected chi connectivity index (χ3v) is 5.63. The fraction of sp³-hybridized carbons (Fsp3) is 0.381. The molecule has 0 unspecified atom stereocenters. The lowest BCUT2D eigenvalue weighted by Gasteiger charge is -2.08. The number of fused-ring (bicyclic) bond motifs is 1. The van der Waals surface area contributed by atoms with E-state index >= 15 is 0 Å². The standard InChI is InChI=1S/C21H23N7O2/c29-8-7-27-13-16(11-23-27)15-2-4-17(5-3-15)28-21-19(25-26-28)12-22-20(24-21)10-14-1-6-18(30)9-14/h2-5,11-14,18,29-30H,1,6-10H2/t14-,18-/m1/s1. The Bertz CT molecular complexity index is 1150. The van der Waals surface area contributed by atoms with Gasteiger partial charge in [-0.25, -0.2) is 9.97 Å². The van der Waals surface area contributed by atoms with Crippen LogP contribution in [0.3, 0.4) is 0 Å². The summed E-state index contributed by atoms with van der Waals surface area (Å²) in [4.78, 5) is 9.15. The molecule has 0 amide bonds. The maximum Gasteiger partial charge on any atom is 0.187 e. The molecule has 1 aliphatic carbocycles. The predicted octanol–water partition coefficient (Wildman–Crippen LogP) is 1.77. The Morgan fingerprint density at radius 1 is 1.07 bits per heavy atom. The molecule has 4 aromatic rings. The van der Waals surface area contributed by atoms with Crippen LogP contribution in [0.5, 0.6) is 0 Å². The number of hydrogen-bond acceptors (Lipinski definition) is 7. The molecule has 1 saturated carbocycles. The molecule has 3 heterocycles. The van der Waals surface area contributed by atoms with Crippen LogP contribution in [0.1, 0.15) is 25.1 Å². The van der Waals surface area contributed by atoms with Crippen LogP contribution in [-0.2, 0) is 13.0 Å². The van der Waals surface area contributed by atoms with Gasteiger partial charge in [0.1, 0.15) is 5.82 Å². The highest BCUT2D eigenvalue weighted by Gasteiger charge is 2.24. The minimum Gasteiger partial charge on any atom is -0.394 e. The molecule has 1 aliphatic rings. The molecule has 0 aliphatic heterocycles. The van der Waals surface area contributed by atoms with Gasteiger partial charge in [0.15, 0.2) is 11.2 Å². The van der Waals surface area contributed by atoms with Gasteiger partial charge in [0.25, 0.3) is 0 Å². The molecular weight excluding hydrogens is 382 g/mol. The van der Waals surface area contributed by atoms with Crippen LogP contribution >= 0.6 is 0 Å². The van der Waals surface area contributed by atoms with Crippen LogP contribution in [0.15, 0.2) is 42.9 Å². The Morgan fingerprint density at radius 3 is 2.70 bits per heavy atom. The monoisotopic (exact) mass is 405 g/mol. The Balaban J connectivity index is 1.40. The highest BCUT2D eigenvalue weighted by Crippen LogP contribution is 2.28. The minimum absolute atomic E-state index is 0.0601. The molecule has 2 atom stereocenters. The van der Waals surface area contributed by atoms with E-state index in [-0.39, 0.29) is 12.7 Å². The quantitative estimate of drug-likeness (QED) is 0.502. The van der Waals surface area contributed by atoms with Crippen LogP contribution in [0.2, 0.25) is 0 Å². The van der Waals surface area contributed by atoms with Crippen LogP contribution in [0, 0.1) is 5.92 Å². The molecule has 0 saturated heterocycles. The van der Waals surface area contributed by atoms with E-state index < -0.39 is 0 Å². The number of nitrogens with zero attached hydrogens (tertiary/aromatic N) is 7. The number of aliphatic hydroxyl groups is 2. The summed E-state index contributed by atoms with van der Waals surface area (Å²) in [5.74, 6) is 1.19. The molecule has 0 radical (unpaired) electrons. The van der Waals surface area contributed by atoms with Gasteiger partial charge in [-0.2, -0.15) is 9.78 Å². The van der Waals surface area contributed by atoms with Crippen LogP contribution in [-0.4, -0.2) is 57.7 Å². The van der Waals surface area contributed by atoms with Gasteiger partial charge in [0.05, 0.1) is 37.3 Å². The van der Waals surface area contributed by atoms with Crippen molar-refractivity contribution in [3.05, 3.63) is 48.7 Å². The second-order valence-corrected chi connectivity index (χ2v) is 7.80. The zero-order chi connectivity index (χ0) is 20.5. The lowest BCUT2D eigenvalue weighted by molar-refractivity contribution is 0.177. The summed E-state index contributed by atoms with van der Waals surface area (Å²) in [7, 11) is 0. The summed E-state index contributed by atoms with van der Waals surface area (Å²) >= 11 is 0. The van der Waals surface area contributed by atoms with Crippen LogP contribution in [0.25, 0.3) is 28.0 Å². The first-order chi connectivity index (χ1) is 14.7. The Kier molecular flexibility index (Phi) is 4.97. The molecule has 2 N–H and O–H groups in total. The van der Waals surface area contributed by atoms with Crippen molar-refractivity contribution in [3.8, 4) is 16.8 Å². The zero-order valence-electron chi connectivity index (χ0n) is 16.5. The number of hydrogen-bond donors (Lipinski definition) is 2. The number of rotatable bonds is 6. The van der Waals surface area contributed by atoms with Crippen molar-refractivity contribution in [2.24, 2.45) is 5.92 Å². The molecule has 1 aromatic carbocycles. The van der Waals surface area contributed by atoms with E-state index in [2.05, 4.69) is 20.4 Å². The zero-order valence-corrected chi connectivity index (χ0v) is 16.5. The van der Waals surface area contributed by atoms with Crippen LogP contribution in [0.4, 0.5) is 0 Å². The molecule has 0 bridgehead atoms. The first kappa shape index (κ1) is 18.8. The van der Waals surface area contributed by atoms with Crippen molar-refractivity contribution in [1.82, 2.24) is 34.7 Å². The second-order valence-electron chi connectivity index (χ2n) is 7.80. The Hall–Kier alpha value is -3.17. The molecule has 3 aromatic heterocycles. The second kappa shape index (κ2) is 7.92. The van der Waals surface area contributed by atoms with E-state index in [0.717, 1.165) is 48.3 Å². The van der Waals surface area contributed by atoms with Crippen molar-refractivity contribution < 1.29 is 10.2 Å². The molecule has 9 heteroatoms. The van der Waals surface area contributed by atoms with Crippen molar-refractivity contribution in [3.63, 3.8) is 0 Å². The van der Waals surface area contributed by atoms with Gasteiger partial charge < -0.3 is 10.2 Å². The smallest absolute Gasteiger partial charge is 0.187 e. The topological polar surface area (TPSA) is 115 Å². The third kappa shape index (κ3) is 3.69. The Morgan fingerprint density at radius 2 is 1.93 bits per heavy atom. The lowest BCUT2D eigenvalue weighted by Crippen LogP contribution is -2.07. The highest BCUT2D eigenvalue weighted by molar-refractivity contribution is 5.71. The van der Waals surface area contributed by atoms with Gasteiger partial charge in [0, 0.05) is 18.2 Å². The Labute approximate surface area is 173 Å². The fourth-order valence-electron chi connectivity index (χ4n) is 4.06. The summed E-state index contributed by atoms with van der Waals surface area (Å²) < 4.78 is 3.44. The molecular formula is C21H23N7O2. The van der Waals surface area contributed by atoms with E-state index in [1.54, 1.807) is 21.8 Å². The van der Waals surface area contributed by atoms with Crippen molar-refractivity contribution in [2.75, 3.05) is 6.61 Å². The largest absolute Gasteiger partial charge is 0.394 e. The van der Waals surface area contributed by atoms with E-state index in [1.165, 1.54) is 0 Å². The van der Waals surface area contributed by atoms with Gasteiger partial charge in [-0.1, -0.05) is 17.3 Å². The molecule has 154 valence electrons. The van der Waals surface area contributed by atoms with E-state index in [1.807, 2.05) is 30.5 Å². The van der Waals surface area contributed by atoms with Gasteiger partial charge in [-0.05, 0) is 42.9 Å². The highest BCUT2D eigenvalue weighted by atomic mass is 16.3. The maximum absolute atomic E-state index is 9.76. The molecule has 0 spiro atoms. The molecule has 30 heavy (non-hydrogen) atoms. The summed E-state index contributed by atoms with van der Waals surface area (Å²) in [5, 5.41) is 31.5. The van der Waals surface area contributed by atoms with Gasteiger partial charge in [-0.15, -0.1) is 5.10 Å². The molecule has 9 nitrogen and oxygen atoms in total. The van der Waals surface area contributed by atoms with Gasteiger partial charge in [-0.3, -0.25) is 4.68 Å². The first-order valence-corrected chi connectivity index (χ1v) is 10.2. The van der Waals surface area contributed by atoms with E-state index in [0.29, 0.717) is 23.6 Å². The molecule has 5 rings (SSSR count). The SMILES string of the molecule is OCCn1cc(-c2ccc(-n3nnc4cnc(C[C@@H]5CC[C@@H](O)C5)nc43)cc2)cn1. The summed E-state index contributed by atoms with van der Waals surface area (Å²) in [6.45, 7) is 0.537. The molecule has 1 fully saturated rings. The summed E-state index contributed by atoms with van der Waals surface area (Å²) in [5.41, 5.74) is 4.22. The van der Waals surface area contributed by atoms with Crippen molar-refractivity contribution in [1.29, 1.82) is 0 Å². The van der Waals surface area contributed by atoms with E-state index in [9.17, 15) is 5.11 Å². The summed E-state index contributed by atoms with van der Waals surface area (Å²) in [6.07, 6.45) is 8.67. The number of aliphatic hydroxyl groups excluding tert-OH is 2. The average molecular weight is 405 g/mol. The number of aromatic nitrogens is 7. The average Bonchev–Trinajstić information content (AvgIpc) is 3.49. The summed E-state index contributed by atoms with van der Waals surface area (Å²) in [6, 6.07) is 7.96.